The van der Waals surface area contributed by atoms with E-state index in [0.717, 1.165) is 30.4 Å². The van der Waals surface area contributed by atoms with Crippen molar-refractivity contribution in [2.24, 2.45) is 28.6 Å². The second-order valence-corrected chi connectivity index (χ2v) is 10.4. The highest BCUT2D eigenvalue weighted by molar-refractivity contribution is 6.01. The fourth-order valence-corrected chi connectivity index (χ4v) is 7.06. The van der Waals surface area contributed by atoms with Crippen LogP contribution in [0.3, 0.4) is 0 Å². The molecule has 5 rings (SSSR count). The number of hydrogen-bond acceptors (Lipinski definition) is 3. The molecule has 0 unspecified atom stereocenters. The standard InChI is InChI=1S/C27H30O3/c1-25-13-11-19(28)15-18(25)9-10-20-21(25)12-14-26(2)23(20)16-22(27(3,30)24(26)29)17-7-5-4-6-8-17/h4-11,13,15,20-23,30H,12,14,16H2,1-3H3/t20-,21+,22-,23+,25+,26+,27-/m1/s1. The van der Waals surface area contributed by atoms with Gasteiger partial charge in [-0.15, -0.1) is 0 Å². The van der Waals surface area contributed by atoms with Crippen molar-refractivity contribution in [3.8, 4) is 0 Å². The fourth-order valence-electron chi connectivity index (χ4n) is 7.06. The van der Waals surface area contributed by atoms with E-state index in [1.165, 1.54) is 0 Å². The number of allylic oxidation sites excluding steroid dienone is 6. The van der Waals surface area contributed by atoms with Crippen LogP contribution in [0.15, 0.2) is 66.3 Å². The molecule has 4 aliphatic rings. The van der Waals surface area contributed by atoms with E-state index in [4.69, 9.17) is 0 Å². The number of fused-ring (bicyclic) bond motifs is 5. The molecule has 156 valence electrons. The van der Waals surface area contributed by atoms with Gasteiger partial charge in [0.1, 0.15) is 5.60 Å². The molecule has 2 saturated carbocycles. The van der Waals surface area contributed by atoms with Gasteiger partial charge in [0.25, 0.3) is 0 Å². The van der Waals surface area contributed by atoms with Crippen LogP contribution in [-0.2, 0) is 9.59 Å². The molecular formula is C27H30O3. The van der Waals surface area contributed by atoms with Crippen molar-refractivity contribution in [3.05, 3.63) is 71.8 Å². The number of benzene rings is 1. The molecule has 1 aromatic rings. The maximum Gasteiger partial charge on any atom is 0.178 e. The lowest BCUT2D eigenvalue weighted by atomic mass is 9.44. The monoisotopic (exact) mass is 402 g/mol. The summed E-state index contributed by atoms with van der Waals surface area (Å²) in [5.41, 5.74) is 0.0824. The summed E-state index contributed by atoms with van der Waals surface area (Å²) in [5, 5.41) is 11.4. The molecule has 3 heteroatoms. The van der Waals surface area contributed by atoms with Crippen molar-refractivity contribution in [3.63, 3.8) is 0 Å². The minimum atomic E-state index is -1.36. The molecule has 0 saturated heterocycles. The van der Waals surface area contributed by atoms with Crippen molar-refractivity contribution < 1.29 is 14.7 Å². The van der Waals surface area contributed by atoms with Crippen LogP contribution >= 0.6 is 0 Å². The third-order valence-electron chi connectivity index (χ3n) is 8.85. The van der Waals surface area contributed by atoms with Crippen LogP contribution in [0.1, 0.15) is 51.5 Å². The molecule has 30 heavy (non-hydrogen) atoms. The summed E-state index contributed by atoms with van der Waals surface area (Å²) in [6, 6.07) is 10.00. The molecule has 0 spiro atoms. The highest BCUT2D eigenvalue weighted by Gasteiger charge is 2.63. The maximum atomic E-state index is 13.7. The van der Waals surface area contributed by atoms with Gasteiger partial charge in [0.15, 0.2) is 11.6 Å². The number of aliphatic hydroxyl groups is 1. The van der Waals surface area contributed by atoms with Gasteiger partial charge in [0.2, 0.25) is 0 Å². The van der Waals surface area contributed by atoms with Crippen LogP contribution in [0.5, 0.6) is 0 Å². The highest BCUT2D eigenvalue weighted by Crippen LogP contribution is 2.63. The van der Waals surface area contributed by atoms with Gasteiger partial charge in [0.05, 0.1) is 0 Å². The van der Waals surface area contributed by atoms with E-state index < -0.39 is 11.0 Å². The number of rotatable bonds is 1. The Morgan fingerprint density at radius 2 is 1.73 bits per heavy atom. The molecule has 3 nitrogen and oxygen atoms in total. The second kappa shape index (κ2) is 6.37. The first-order valence-corrected chi connectivity index (χ1v) is 11.1. The maximum absolute atomic E-state index is 13.7. The van der Waals surface area contributed by atoms with E-state index in [1.54, 1.807) is 19.1 Å². The lowest BCUT2D eigenvalue weighted by molar-refractivity contribution is -0.168. The van der Waals surface area contributed by atoms with Gasteiger partial charge in [-0.1, -0.05) is 62.4 Å². The Morgan fingerprint density at radius 3 is 2.47 bits per heavy atom. The van der Waals surface area contributed by atoms with Crippen LogP contribution in [0, 0.1) is 28.6 Å². The molecule has 0 radical (unpaired) electrons. The summed E-state index contributed by atoms with van der Waals surface area (Å²) < 4.78 is 0. The molecule has 1 N–H and O–H groups in total. The molecule has 4 aliphatic carbocycles. The van der Waals surface area contributed by atoms with E-state index in [2.05, 4.69) is 32.1 Å². The van der Waals surface area contributed by atoms with Gasteiger partial charge < -0.3 is 5.11 Å². The lowest BCUT2D eigenvalue weighted by Gasteiger charge is -2.59. The van der Waals surface area contributed by atoms with E-state index in [1.807, 2.05) is 30.3 Å². The van der Waals surface area contributed by atoms with Crippen LogP contribution in [0.4, 0.5) is 0 Å². The predicted octanol–water partition coefficient (Wildman–Crippen LogP) is 4.78. The molecule has 7 atom stereocenters. The first-order chi connectivity index (χ1) is 14.2. The Kier molecular flexibility index (Phi) is 4.18. The number of carbonyl (C=O) groups is 2. The van der Waals surface area contributed by atoms with E-state index in [0.29, 0.717) is 5.92 Å². The topological polar surface area (TPSA) is 54.4 Å². The Labute approximate surface area is 178 Å². The van der Waals surface area contributed by atoms with Crippen molar-refractivity contribution in [2.45, 2.75) is 51.6 Å². The molecule has 0 heterocycles. The largest absolute Gasteiger partial charge is 0.382 e. The van der Waals surface area contributed by atoms with Gasteiger partial charge >= 0.3 is 0 Å². The van der Waals surface area contributed by atoms with Crippen LogP contribution in [-0.4, -0.2) is 22.3 Å². The third kappa shape index (κ3) is 2.54. The van der Waals surface area contributed by atoms with Crippen molar-refractivity contribution in [1.82, 2.24) is 0 Å². The van der Waals surface area contributed by atoms with E-state index in [-0.39, 0.29) is 34.7 Å². The fraction of sp³-hybridized carbons (Fsp3) is 0.481. The minimum absolute atomic E-state index is 0.00666. The summed E-state index contributed by atoms with van der Waals surface area (Å²) >= 11 is 0. The van der Waals surface area contributed by atoms with Gasteiger partial charge in [-0.05, 0) is 67.2 Å². The number of Topliss-reactive ketones (excluding diaryl/α,β-unsaturated/α-hetero) is 1. The summed E-state index contributed by atoms with van der Waals surface area (Å²) in [7, 11) is 0. The molecule has 0 aromatic heterocycles. The Balaban J connectivity index is 1.59. The van der Waals surface area contributed by atoms with Gasteiger partial charge in [-0.25, -0.2) is 0 Å². The van der Waals surface area contributed by atoms with Crippen molar-refractivity contribution in [2.75, 3.05) is 0 Å². The van der Waals surface area contributed by atoms with Crippen LogP contribution < -0.4 is 0 Å². The van der Waals surface area contributed by atoms with Crippen molar-refractivity contribution >= 4 is 11.6 Å². The third-order valence-corrected chi connectivity index (χ3v) is 8.85. The quantitative estimate of drug-likeness (QED) is 0.735. The molecule has 0 amide bonds. The minimum Gasteiger partial charge on any atom is -0.382 e. The van der Waals surface area contributed by atoms with E-state index >= 15 is 0 Å². The smallest absolute Gasteiger partial charge is 0.178 e. The number of hydrogen-bond donors (Lipinski definition) is 1. The van der Waals surface area contributed by atoms with Gasteiger partial charge in [-0.3, -0.25) is 9.59 Å². The second-order valence-electron chi connectivity index (χ2n) is 10.4. The van der Waals surface area contributed by atoms with E-state index in [9.17, 15) is 14.7 Å². The first-order valence-electron chi connectivity index (χ1n) is 11.1. The van der Waals surface area contributed by atoms with Crippen LogP contribution in [0.2, 0.25) is 0 Å². The highest BCUT2D eigenvalue weighted by atomic mass is 16.3. The van der Waals surface area contributed by atoms with Gasteiger partial charge in [-0.2, -0.15) is 0 Å². The zero-order chi connectivity index (χ0) is 21.3. The summed E-state index contributed by atoms with van der Waals surface area (Å²) in [4.78, 5) is 25.7. The average Bonchev–Trinajstić information content (AvgIpc) is 2.72. The zero-order valence-corrected chi connectivity index (χ0v) is 18.0. The summed E-state index contributed by atoms with van der Waals surface area (Å²) in [6.07, 6.45) is 12.4. The molecule has 0 bridgehead atoms. The van der Waals surface area contributed by atoms with Crippen molar-refractivity contribution in [1.29, 1.82) is 0 Å². The Morgan fingerprint density at radius 1 is 1.00 bits per heavy atom. The first kappa shape index (κ1) is 19.7. The average molecular weight is 403 g/mol. The SMILES string of the molecule is C[C@]1(O)C(=O)[C@@]2(C)CC[C@H]3[C@@H](C=CC4=CC(=O)C=C[C@@]43C)[C@@H]2C[C@@H]1c1ccccc1. The number of ketones is 2. The van der Waals surface area contributed by atoms with Gasteiger partial charge in [0, 0.05) is 16.7 Å². The normalized spacial score (nSPS) is 44.7. The number of carbonyl (C=O) groups excluding carboxylic acids is 2. The Hall–Kier alpha value is -2.26. The van der Waals surface area contributed by atoms with Crippen LogP contribution in [0.25, 0.3) is 0 Å². The molecule has 1 aromatic carbocycles. The zero-order valence-electron chi connectivity index (χ0n) is 18.0. The predicted molar refractivity (Wildman–Crippen MR) is 117 cm³/mol. The summed E-state index contributed by atoms with van der Waals surface area (Å²) in [5.74, 6) is 0.644. The summed E-state index contributed by atoms with van der Waals surface area (Å²) in [6.45, 7) is 6.03. The Bertz CT molecular complexity index is 998. The molecule has 2 fully saturated rings. The molecule has 0 aliphatic heterocycles. The molecular weight excluding hydrogens is 372 g/mol. The lowest BCUT2D eigenvalue weighted by Crippen LogP contribution is -2.62.